The molecule has 1 spiro atoms. The van der Waals surface area contributed by atoms with Crippen molar-refractivity contribution >= 4 is 29.2 Å². The first-order valence-electron chi connectivity index (χ1n) is 10.7. The minimum absolute atomic E-state index is 0.0796. The molecular formula is C23H26ClN3O4. The van der Waals surface area contributed by atoms with Crippen molar-refractivity contribution in [1.82, 2.24) is 9.97 Å². The summed E-state index contributed by atoms with van der Waals surface area (Å²) in [5.74, 6) is 1.49. The van der Waals surface area contributed by atoms with Crippen LogP contribution >= 0.6 is 11.6 Å². The fraction of sp³-hybridized carbons (Fsp3) is 0.478. The van der Waals surface area contributed by atoms with Gasteiger partial charge in [0.05, 0.1) is 5.56 Å². The van der Waals surface area contributed by atoms with E-state index in [0.717, 1.165) is 12.2 Å². The number of benzene rings is 1. The van der Waals surface area contributed by atoms with E-state index in [1.165, 1.54) is 0 Å². The quantitative estimate of drug-likeness (QED) is 0.508. The number of carbonyl (C=O) groups excluding carboxylic acids is 2. The van der Waals surface area contributed by atoms with Crippen molar-refractivity contribution < 1.29 is 19.1 Å². The maximum atomic E-state index is 12.8. The third kappa shape index (κ3) is 4.24. The number of rotatable bonds is 5. The first-order chi connectivity index (χ1) is 14.9. The average Bonchev–Trinajstić information content (AvgIpc) is 2.78. The molecule has 8 heteroatoms. The van der Waals surface area contributed by atoms with Gasteiger partial charge in [0.15, 0.2) is 17.7 Å². The van der Waals surface area contributed by atoms with Gasteiger partial charge in [-0.25, -0.2) is 9.97 Å². The highest BCUT2D eigenvalue weighted by molar-refractivity contribution is 6.35. The molecule has 4 rings (SSSR count). The molecule has 2 aromatic rings. The zero-order valence-corrected chi connectivity index (χ0v) is 18.5. The molecule has 2 aliphatic rings. The number of fused-ring (bicyclic) bond motifs is 1. The van der Waals surface area contributed by atoms with Crippen molar-refractivity contribution in [2.75, 3.05) is 18.0 Å². The van der Waals surface area contributed by atoms with Gasteiger partial charge in [-0.05, 0) is 31.5 Å². The summed E-state index contributed by atoms with van der Waals surface area (Å²) < 4.78 is 11.7. The first-order valence-corrected chi connectivity index (χ1v) is 11.1. The monoisotopic (exact) mass is 443 g/mol. The molecule has 0 radical (unpaired) electrons. The summed E-state index contributed by atoms with van der Waals surface area (Å²) in [4.78, 5) is 35.6. The number of ketones is 1. The molecule has 1 unspecified atom stereocenters. The fourth-order valence-corrected chi connectivity index (χ4v) is 4.50. The lowest BCUT2D eigenvalue weighted by Crippen LogP contribution is -2.58. The van der Waals surface area contributed by atoms with Gasteiger partial charge in [0.2, 0.25) is 0 Å². The third-order valence-corrected chi connectivity index (χ3v) is 6.47. The molecule has 2 atom stereocenters. The van der Waals surface area contributed by atoms with Crippen molar-refractivity contribution in [1.29, 1.82) is 0 Å². The molecule has 1 aromatic heterocycles. The van der Waals surface area contributed by atoms with Gasteiger partial charge < -0.3 is 14.4 Å². The highest BCUT2D eigenvalue weighted by atomic mass is 35.5. The number of hydrogen-bond donors (Lipinski definition) is 0. The van der Waals surface area contributed by atoms with Gasteiger partial charge in [-0.3, -0.25) is 9.59 Å². The van der Waals surface area contributed by atoms with E-state index < -0.39 is 17.1 Å². The number of piperidine rings is 1. The molecule has 0 amide bonds. The van der Waals surface area contributed by atoms with Crippen LogP contribution in [0.15, 0.2) is 36.5 Å². The lowest BCUT2D eigenvalue weighted by molar-refractivity contribution is -0.149. The van der Waals surface area contributed by atoms with Gasteiger partial charge in [0, 0.05) is 38.5 Å². The van der Waals surface area contributed by atoms with E-state index in [2.05, 4.69) is 14.9 Å². The lowest BCUT2D eigenvalue weighted by atomic mass is 9.82. The van der Waals surface area contributed by atoms with Gasteiger partial charge in [-0.1, -0.05) is 19.1 Å². The van der Waals surface area contributed by atoms with Crippen molar-refractivity contribution in [2.45, 2.75) is 56.6 Å². The molecule has 0 bridgehead atoms. The Kier molecular flexibility index (Phi) is 6.14. The van der Waals surface area contributed by atoms with Gasteiger partial charge >= 0.3 is 5.97 Å². The van der Waals surface area contributed by atoms with Crippen LogP contribution in [-0.4, -0.2) is 45.8 Å². The van der Waals surface area contributed by atoms with Crippen molar-refractivity contribution in [3.8, 4) is 5.75 Å². The van der Waals surface area contributed by atoms with Crippen molar-refractivity contribution in [3.63, 3.8) is 0 Å². The van der Waals surface area contributed by atoms with E-state index >= 15 is 0 Å². The van der Waals surface area contributed by atoms with Crippen LogP contribution < -0.4 is 9.64 Å². The Morgan fingerprint density at radius 2 is 2.06 bits per heavy atom. The normalized spacial score (nSPS) is 20.7. The number of nitrogens with zero attached hydrogens (tertiary/aromatic N) is 3. The summed E-state index contributed by atoms with van der Waals surface area (Å²) in [5.41, 5.74) is -0.176. The smallest absolute Gasteiger partial charge is 0.306 e. The Morgan fingerprint density at radius 3 is 2.81 bits per heavy atom. The second-order valence-electron chi connectivity index (χ2n) is 8.03. The Morgan fingerprint density at radius 1 is 1.32 bits per heavy atom. The Labute approximate surface area is 186 Å². The van der Waals surface area contributed by atoms with Gasteiger partial charge in [-0.15, -0.1) is 11.6 Å². The average molecular weight is 444 g/mol. The van der Waals surface area contributed by atoms with Crippen molar-refractivity contribution in [2.24, 2.45) is 0 Å². The summed E-state index contributed by atoms with van der Waals surface area (Å²) in [6.45, 7) is 4.98. The van der Waals surface area contributed by atoms with E-state index in [-0.39, 0.29) is 11.8 Å². The maximum Gasteiger partial charge on any atom is 0.306 e. The lowest BCUT2D eigenvalue weighted by Gasteiger charge is -2.46. The van der Waals surface area contributed by atoms with Gasteiger partial charge in [-0.2, -0.15) is 0 Å². The summed E-state index contributed by atoms with van der Waals surface area (Å²) in [6, 6.07) is 9.09. The molecule has 31 heavy (non-hydrogen) atoms. The van der Waals surface area contributed by atoms with Crippen LogP contribution in [0.1, 0.15) is 61.8 Å². The summed E-state index contributed by atoms with van der Waals surface area (Å²) >= 11 is 6.60. The zero-order valence-electron chi connectivity index (χ0n) is 17.7. The predicted octanol–water partition coefficient (Wildman–Crippen LogP) is 4.10. The highest BCUT2D eigenvalue weighted by Gasteiger charge is 2.50. The van der Waals surface area contributed by atoms with E-state index in [9.17, 15) is 9.59 Å². The molecule has 1 fully saturated rings. The molecule has 0 aliphatic carbocycles. The minimum atomic E-state index is -0.720. The van der Waals surface area contributed by atoms with Crippen LogP contribution in [0.3, 0.4) is 0 Å². The summed E-state index contributed by atoms with van der Waals surface area (Å²) in [5, 5.41) is -0.719. The van der Waals surface area contributed by atoms with E-state index in [1.807, 2.05) is 31.2 Å². The van der Waals surface area contributed by atoms with E-state index in [4.69, 9.17) is 21.1 Å². The van der Waals surface area contributed by atoms with Crippen LogP contribution in [0, 0.1) is 0 Å². The molecule has 0 saturated carbocycles. The van der Waals surface area contributed by atoms with Crippen molar-refractivity contribution in [3.05, 3.63) is 47.9 Å². The van der Waals surface area contributed by atoms with Crippen LogP contribution in [-0.2, 0) is 9.53 Å². The van der Waals surface area contributed by atoms with E-state index in [0.29, 0.717) is 49.5 Å². The molecule has 164 valence electrons. The largest absolute Gasteiger partial charge is 0.484 e. The van der Waals surface area contributed by atoms with Crippen LogP contribution in [0.4, 0.5) is 5.82 Å². The number of esters is 1. The SMILES string of the molecule is CCCC(=O)OC(C)c1nccc(N2CCC3(CC2)Oc2ccccc2C(=O)[C@@H]3Cl)n1. The molecular weight excluding hydrogens is 418 g/mol. The molecule has 1 aromatic carbocycles. The summed E-state index contributed by atoms with van der Waals surface area (Å²) in [7, 11) is 0. The topological polar surface area (TPSA) is 81.6 Å². The highest BCUT2D eigenvalue weighted by Crippen LogP contribution is 2.42. The Hall–Kier alpha value is -2.67. The van der Waals surface area contributed by atoms with E-state index in [1.54, 1.807) is 19.2 Å². The maximum absolute atomic E-state index is 12.8. The zero-order chi connectivity index (χ0) is 22.0. The molecule has 7 nitrogen and oxygen atoms in total. The second-order valence-corrected chi connectivity index (χ2v) is 8.47. The fourth-order valence-electron chi connectivity index (χ4n) is 4.12. The number of aromatic nitrogens is 2. The van der Waals surface area contributed by atoms with Gasteiger partial charge in [0.1, 0.15) is 22.5 Å². The third-order valence-electron chi connectivity index (χ3n) is 5.88. The number of halogens is 1. The molecule has 0 N–H and O–H groups in total. The van der Waals surface area contributed by atoms with Crippen LogP contribution in [0.5, 0.6) is 5.75 Å². The number of alkyl halides is 1. The Bertz CT molecular complexity index is 975. The number of anilines is 1. The predicted molar refractivity (Wildman–Crippen MR) is 117 cm³/mol. The standard InChI is InChI=1S/C23H26ClN3O4/c1-3-6-19(28)30-15(2)22-25-12-9-18(26-22)27-13-10-23(11-14-27)21(24)20(29)16-7-4-5-8-17(16)31-23/h4-5,7-9,12,15,21H,3,6,10-11,13-14H2,1-2H3/t15?,21-/m0/s1. The molecule has 1 saturated heterocycles. The number of para-hydroxylation sites is 1. The number of Topliss-reactive ketones (excluding diaryl/α,β-unsaturated/α-hetero) is 1. The first kappa shape index (κ1) is 21.6. The summed E-state index contributed by atoms with van der Waals surface area (Å²) in [6.07, 6.45) is 3.47. The Balaban J connectivity index is 1.46. The molecule has 2 aliphatic heterocycles. The second kappa shape index (κ2) is 8.83. The minimum Gasteiger partial charge on any atom is -0.484 e. The number of hydrogen-bond acceptors (Lipinski definition) is 7. The van der Waals surface area contributed by atoms with Crippen LogP contribution in [0.2, 0.25) is 0 Å². The van der Waals surface area contributed by atoms with Gasteiger partial charge in [0.25, 0.3) is 0 Å². The number of carbonyl (C=O) groups is 2. The van der Waals surface area contributed by atoms with Crippen LogP contribution in [0.25, 0.3) is 0 Å². The number of ether oxygens (including phenoxy) is 2. The molecule has 3 heterocycles.